The van der Waals surface area contributed by atoms with Gasteiger partial charge in [-0.1, -0.05) is 6.07 Å². The molecule has 6 nitrogen and oxygen atoms in total. The van der Waals surface area contributed by atoms with Crippen molar-refractivity contribution >= 4 is 34.7 Å². The lowest BCUT2D eigenvalue weighted by molar-refractivity contribution is 0.0516. The molecule has 0 heterocycles. The van der Waals surface area contributed by atoms with E-state index >= 15 is 0 Å². The highest BCUT2D eigenvalue weighted by Gasteiger charge is 2.17. The number of rotatable bonds is 5. The van der Waals surface area contributed by atoms with E-state index in [4.69, 9.17) is 14.2 Å². The number of ether oxygens (including phenoxy) is 3. The third kappa shape index (κ3) is 6.08. The maximum Gasteiger partial charge on any atom is 0.407 e. The Morgan fingerprint density at radius 1 is 1.27 bits per heavy atom. The molecule has 1 rings (SSSR count). The lowest BCUT2D eigenvalue weighted by Crippen LogP contribution is -2.34. The Morgan fingerprint density at radius 3 is 2.55 bits per heavy atom. The lowest BCUT2D eigenvalue weighted by atomic mass is 10.2. The van der Waals surface area contributed by atoms with Crippen molar-refractivity contribution in [1.82, 2.24) is 5.32 Å². The van der Waals surface area contributed by atoms with Gasteiger partial charge in [0.25, 0.3) is 0 Å². The van der Waals surface area contributed by atoms with Crippen molar-refractivity contribution in [3.8, 4) is 5.75 Å². The van der Waals surface area contributed by atoms with Gasteiger partial charge in [0.1, 0.15) is 23.5 Å². The Balaban J connectivity index is 2.55. The molecule has 0 unspecified atom stereocenters. The van der Waals surface area contributed by atoms with E-state index in [9.17, 15) is 9.59 Å². The highest BCUT2D eigenvalue weighted by molar-refractivity contribution is 14.1. The average Bonchev–Trinajstić information content (AvgIpc) is 2.42. The molecule has 0 saturated heterocycles. The quantitative estimate of drug-likeness (QED) is 0.450. The number of hydrogen-bond donors (Lipinski definition) is 1. The predicted octanol–water partition coefficient (Wildman–Crippen LogP) is 2.98. The summed E-state index contributed by atoms with van der Waals surface area (Å²) in [6.07, 6.45) is -0.507. The van der Waals surface area contributed by atoms with Gasteiger partial charge in [0.15, 0.2) is 0 Å². The second-order valence-electron chi connectivity index (χ2n) is 5.39. The molecule has 1 aromatic rings. The van der Waals surface area contributed by atoms with Crippen molar-refractivity contribution in [2.75, 3.05) is 20.3 Å². The van der Waals surface area contributed by atoms with E-state index in [1.165, 1.54) is 7.11 Å². The summed E-state index contributed by atoms with van der Waals surface area (Å²) in [4.78, 5) is 23.2. The predicted molar refractivity (Wildman–Crippen MR) is 90.2 cm³/mol. The van der Waals surface area contributed by atoms with Crippen LogP contribution in [-0.4, -0.2) is 37.9 Å². The van der Waals surface area contributed by atoms with Gasteiger partial charge in [0.2, 0.25) is 0 Å². The van der Waals surface area contributed by atoms with Crippen molar-refractivity contribution in [3.63, 3.8) is 0 Å². The van der Waals surface area contributed by atoms with E-state index in [2.05, 4.69) is 27.9 Å². The average molecular weight is 421 g/mol. The summed E-state index contributed by atoms with van der Waals surface area (Å²) in [6, 6.07) is 5.20. The first-order chi connectivity index (χ1) is 10.2. The number of carbonyl (C=O) groups excluding carboxylic acids is 2. The molecule has 1 aromatic carbocycles. The van der Waals surface area contributed by atoms with Crippen LogP contribution in [0.1, 0.15) is 31.1 Å². The van der Waals surface area contributed by atoms with Gasteiger partial charge in [-0.05, 0) is 55.5 Å². The Morgan fingerprint density at radius 2 is 1.95 bits per heavy atom. The number of methoxy groups -OCH3 is 1. The maximum atomic E-state index is 11.7. The highest BCUT2D eigenvalue weighted by Crippen LogP contribution is 2.26. The Kier molecular flexibility index (Phi) is 6.92. The Bertz CT molecular complexity index is 539. The first-order valence-electron chi connectivity index (χ1n) is 6.71. The van der Waals surface area contributed by atoms with E-state index in [1.807, 2.05) is 6.07 Å². The molecule has 7 heteroatoms. The molecule has 1 N–H and O–H groups in total. The summed E-state index contributed by atoms with van der Waals surface area (Å²) in [7, 11) is 1.32. The molecule has 0 aliphatic carbocycles. The van der Waals surface area contributed by atoms with Crippen LogP contribution >= 0.6 is 22.6 Å². The fraction of sp³-hybridized carbons (Fsp3) is 0.467. The van der Waals surface area contributed by atoms with Gasteiger partial charge in [0, 0.05) is 0 Å². The zero-order valence-electron chi connectivity index (χ0n) is 13.1. The molecule has 22 heavy (non-hydrogen) atoms. The summed E-state index contributed by atoms with van der Waals surface area (Å²) in [5, 5.41) is 2.59. The van der Waals surface area contributed by atoms with Crippen molar-refractivity contribution in [2.45, 2.75) is 26.4 Å². The van der Waals surface area contributed by atoms with Gasteiger partial charge >= 0.3 is 12.1 Å². The molecular formula is C15H20INO5. The first kappa shape index (κ1) is 18.5. The van der Waals surface area contributed by atoms with Crippen molar-refractivity contribution < 1.29 is 23.8 Å². The minimum absolute atomic E-state index is 0.212. The normalized spacial score (nSPS) is 10.8. The van der Waals surface area contributed by atoms with Crippen molar-refractivity contribution in [2.24, 2.45) is 0 Å². The van der Waals surface area contributed by atoms with Crippen LogP contribution in [0.3, 0.4) is 0 Å². The van der Waals surface area contributed by atoms with Crippen molar-refractivity contribution in [1.29, 1.82) is 0 Å². The van der Waals surface area contributed by atoms with Gasteiger partial charge in [0.05, 0.1) is 17.2 Å². The summed E-state index contributed by atoms with van der Waals surface area (Å²) >= 11 is 2.07. The fourth-order valence-electron chi connectivity index (χ4n) is 1.55. The number of nitrogens with one attached hydrogen (secondary N) is 1. The largest absolute Gasteiger partial charge is 0.490 e. The van der Waals surface area contributed by atoms with E-state index in [0.717, 1.165) is 3.57 Å². The first-order valence-corrected chi connectivity index (χ1v) is 7.79. The van der Waals surface area contributed by atoms with Crippen LogP contribution < -0.4 is 10.1 Å². The van der Waals surface area contributed by atoms with Crippen LogP contribution in [0, 0.1) is 3.57 Å². The lowest BCUT2D eigenvalue weighted by Gasteiger charge is -2.19. The monoisotopic (exact) mass is 421 g/mol. The van der Waals surface area contributed by atoms with Crippen molar-refractivity contribution in [3.05, 3.63) is 27.3 Å². The molecule has 0 fully saturated rings. The number of alkyl carbamates (subject to hydrolysis) is 1. The fourth-order valence-corrected chi connectivity index (χ4v) is 2.20. The Labute approximate surface area is 143 Å². The smallest absolute Gasteiger partial charge is 0.407 e. The summed E-state index contributed by atoms with van der Waals surface area (Å²) in [6.45, 7) is 5.85. The van der Waals surface area contributed by atoms with E-state index in [1.54, 1.807) is 32.9 Å². The third-order valence-corrected chi connectivity index (χ3v) is 3.24. The summed E-state index contributed by atoms with van der Waals surface area (Å²) in [5.41, 5.74) is -0.190. The van der Waals surface area contributed by atoms with Gasteiger partial charge in [-0.2, -0.15) is 0 Å². The molecule has 0 radical (unpaired) electrons. The molecule has 0 aliphatic rings. The highest BCUT2D eigenvalue weighted by atomic mass is 127. The van der Waals surface area contributed by atoms with Gasteiger partial charge in [-0.25, -0.2) is 9.59 Å². The third-order valence-electron chi connectivity index (χ3n) is 2.39. The zero-order chi connectivity index (χ0) is 16.8. The molecule has 0 aliphatic heterocycles. The van der Waals surface area contributed by atoms with E-state index in [0.29, 0.717) is 11.3 Å². The minimum atomic E-state index is -0.544. The zero-order valence-corrected chi connectivity index (χ0v) is 15.2. The number of amides is 1. The number of hydrogen-bond acceptors (Lipinski definition) is 5. The molecule has 1 amide bonds. The number of benzene rings is 1. The van der Waals surface area contributed by atoms with Gasteiger partial charge in [-0.3, -0.25) is 0 Å². The maximum absolute atomic E-state index is 11.7. The number of esters is 1. The molecular weight excluding hydrogens is 401 g/mol. The van der Waals surface area contributed by atoms with Gasteiger partial charge < -0.3 is 19.5 Å². The second-order valence-corrected chi connectivity index (χ2v) is 6.55. The van der Waals surface area contributed by atoms with Crippen LogP contribution in [0.4, 0.5) is 4.79 Å². The van der Waals surface area contributed by atoms with E-state index in [-0.39, 0.29) is 13.2 Å². The second kappa shape index (κ2) is 8.21. The topological polar surface area (TPSA) is 73.9 Å². The van der Waals surface area contributed by atoms with Crippen LogP contribution in [0.5, 0.6) is 5.75 Å². The van der Waals surface area contributed by atoms with Crippen LogP contribution in [-0.2, 0) is 9.47 Å². The SMILES string of the molecule is COC(=O)c1cccc(I)c1OCCNC(=O)OC(C)(C)C. The summed E-state index contributed by atoms with van der Waals surface area (Å²) in [5.74, 6) is -0.0189. The molecule has 0 saturated carbocycles. The van der Waals surface area contributed by atoms with Crippen LogP contribution in [0.15, 0.2) is 18.2 Å². The standard InChI is InChI=1S/C15H20INO5/c1-15(2,3)22-14(19)17-8-9-21-12-10(13(18)20-4)6-5-7-11(12)16/h5-7H,8-9H2,1-4H3,(H,17,19). The van der Waals surface area contributed by atoms with Gasteiger partial charge in [-0.15, -0.1) is 0 Å². The molecule has 122 valence electrons. The Hall–Kier alpha value is -1.51. The molecule has 0 spiro atoms. The van der Waals surface area contributed by atoms with Crippen LogP contribution in [0.25, 0.3) is 0 Å². The van der Waals surface area contributed by atoms with E-state index < -0.39 is 17.7 Å². The minimum Gasteiger partial charge on any atom is -0.490 e. The number of halogens is 1. The number of para-hydroxylation sites is 1. The molecule has 0 bridgehead atoms. The molecule has 0 aromatic heterocycles. The number of carbonyl (C=O) groups is 2. The van der Waals surface area contributed by atoms with Crippen LogP contribution in [0.2, 0.25) is 0 Å². The summed E-state index contributed by atoms with van der Waals surface area (Å²) < 4.78 is 16.2. The molecule has 0 atom stereocenters.